The number of hydrogen-bond donors (Lipinski definition) is 0. The van der Waals surface area contributed by atoms with E-state index in [0.717, 1.165) is 11.6 Å². The molecule has 0 spiro atoms. The van der Waals surface area contributed by atoms with Crippen LogP contribution in [0.3, 0.4) is 0 Å². The molecule has 2 fully saturated rings. The molecule has 2 aliphatic rings. The summed E-state index contributed by atoms with van der Waals surface area (Å²) < 4.78 is 7.05. The van der Waals surface area contributed by atoms with E-state index in [9.17, 15) is 0 Å². The molecule has 2 saturated heterocycles. The van der Waals surface area contributed by atoms with E-state index in [4.69, 9.17) is 4.65 Å². The molecule has 0 radical (unpaired) electrons. The summed E-state index contributed by atoms with van der Waals surface area (Å²) in [6, 6.07) is 0. The molecule has 0 aromatic carbocycles. The first kappa shape index (κ1) is 20.3. The van der Waals surface area contributed by atoms with E-state index in [1.54, 1.807) is 0 Å². The summed E-state index contributed by atoms with van der Waals surface area (Å²) in [6.45, 7) is 17.0. The number of hydrogen-bond acceptors (Lipinski definition) is 1. The average Bonchev–Trinajstić information content (AvgIpc) is 2.52. The first-order chi connectivity index (χ1) is 11.3. The topological polar surface area (TPSA) is 9.23 Å². The lowest BCUT2D eigenvalue weighted by Crippen LogP contribution is -2.49. The summed E-state index contributed by atoms with van der Waals surface area (Å²) in [5.74, 6) is 1.67. The highest BCUT2D eigenvalue weighted by molar-refractivity contribution is 6.79. The monoisotopic (exact) mass is 348 g/mol. The molecule has 0 aromatic rings. The Labute approximate surface area is 153 Å². The Bertz CT molecular complexity index is 383. The van der Waals surface area contributed by atoms with Crippen LogP contribution in [0.25, 0.3) is 0 Å². The predicted molar refractivity (Wildman–Crippen MR) is 112 cm³/mol. The van der Waals surface area contributed by atoms with Crippen LogP contribution in [0.4, 0.5) is 0 Å². The van der Waals surface area contributed by atoms with Gasteiger partial charge in [0.1, 0.15) is 0 Å². The Morgan fingerprint density at radius 3 is 2.08 bits per heavy atom. The van der Waals surface area contributed by atoms with Crippen LogP contribution in [-0.4, -0.2) is 21.1 Å². The molecule has 0 amide bonds. The SMILES string of the molecule is C=CC(C)(C(CCCCC)OB1C2CCCC1CCC2)[Si](C)(C)C. The van der Waals surface area contributed by atoms with Crippen molar-refractivity contribution in [1.29, 1.82) is 0 Å². The quantitative estimate of drug-likeness (QED) is 0.241. The predicted octanol–water partition coefficient (Wildman–Crippen LogP) is 7.34. The van der Waals surface area contributed by atoms with Crippen LogP contribution >= 0.6 is 0 Å². The molecule has 2 aliphatic heterocycles. The van der Waals surface area contributed by atoms with Crippen molar-refractivity contribution in [3.63, 3.8) is 0 Å². The van der Waals surface area contributed by atoms with Gasteiger partial charge in [-0.25, -0.2) is 0 Å². The Morgan fingerprint density at radius 2 is 1.67 bits per heavy atom. The van der Waals surface area contributed by atoms with Crippen LogP contribution in [-0.2, 0) is 4.65 Å². The van der Waals surface area contributed by atoms with Gasteiger partial charge in [0, 0.05) is 11.1 Å². The van der Waals surface area contributed by atoms with E-state index < -0.39 is 8.07 Å². The second kappa shape index (κ2) is 8.58. The number of rotatable bonds is 9. The zero-order chi connectivity index (χ0) is 17.8. The van der Waals surface area contributed by atoms with Gasteiger partial charge in [-0.1, -0.05) is 97.4 Å². The average molecular weight is 348 g/mol. The maximum atomic E-state index is 7.05. The molecule has 2 rings (SSSR count). The van der Waals surface area contributed by atoms with Crippen LogP contribution in [0.5, 0.6) is 0 Å². The van der Waals surface area contributed by atoms with Gasteiger partial charge in [-0.3, -0.25) is 0 Å². The van der Waals surface area contributed by atoms with Crippen molar-refractivity contribution in [3.8, 4) is 0 Å². The minimum absolute atomic E-state index is 0.173. The molecular weight excluding hydrogens is 307 g/mol. The fourth-order valence-electron chi connectivity index (χ4n) is 5.04. The van der Waals surface area contributed by atoms with E-state index in [1.165, 1.54) is 64.2 Å². The lowest BCUT2D eigenvalue weighted by Gasteiger charge is -2.49. The van der Waals surface area contributed by atoms with Crippen LogP contribution in [0.1, 0.15) is 78.1 Å². The van der Waals surface area contributed by atoms with E-state index >= 15 is 0 Å². The zero-order valence-electron chi connectivity index (χ0n) is 17.1. The van der Waals surface area contributed by atoms with Crippen molar-refractivity contribution in [2.24, 2.45) is 0 Å². The molecular formula is C21H41BOSi. The van der Waals surface area contributed by atoms with E-state index in [1.807, 2.05) is 0 Å². The standard InChI is InChI=1S/C21H41BOSi/c1-7-9-10-17-20(21(3,8-2)24(4,5)6)23-22-18-13-11-14-19(22)16-12-15-18/h8,18-20H,2,7,9-17H2,1,3-6H3. The van der Waals surface area contributed by atoms with Crippen molar-refractivity contribution < 1.29 is 4.65 Å². The normalized spacial score (nSPS) is 28.3. The van der Waals surface area contributed by atoms with Crippen molar-refractivity contribution >= 4 is 15.0 Å². The molecule has 0 aliphatic carbocycles. The van der Waals surface area contributed by atoms with Gasteiger partial charge in [0.05, 0.1) is 8.07 Å². The molecule has 24 heavy (non-hydrogen) atoms. The summed E-state index contributed by atoms with van der Waals surface area (Å²) in [6.07, 6.45) is 16.3. The summed E-state index contributed by atoms with van der Waals surface area (Å²) >= 11 is 0. The molecule has 138 valence electrons. The molecule has 3 heteroatoms. The minimum Gasteiger partial charge on any atom is -0.432 e. The van der Waals surface area contributed by atoms with Gasteiger partial charge in [-0.05, 0) is 18.1 Å². The van der Waals surface area contributed by atoms with Gasteiger partial charge in [-0.15, -0.1) is 6.58 Å². The Balaban J connectivity index is 2.17. The van der Waals surface area contributed by atoms with Gasteiger partial charge in [0.15, 0.2) is 0 Å². The van der Waals surface area contributed by atoms with Gasteiger partial charge >= 0.3 is 0 Å². The fourth-order valence-corrected chi connectivity index (χ4v) is 6.83. The Morgan fingerprint density at radius 1 is 1.12 bits per heavy atom. The third kappa shape index (κ3) is 4.38. The third-order valence-corrected chi connectivity index (χ3v) is 11.1. The zero-order valence-corrected chi connectivity index (χ0v) is 18.1. The van der Waals surface area contributed by atoms with Crippen molar-refractivity contribution in [2.75, 3.05) is 0 Å². The number of fused-ring (bicyclic) bond motifs is 2. The summed E-state index contributed by atoms with van der Waals surface area (Å²) in [7, 11) is -1.40. The Kier molecular flexibility index (Phi) is 7.25. The van der Waals surface area contributed by atoms with Crippen LogP contribution in [0.15, 0.2) is 12.7 Å². The molecule has 0 aromatic heterocycles. The summed E-state index contributed by atoms with van der Waals surface area (Å²) in [5, 5.41) is 0.173. The second-order valence-electron chi connectivity index (χ2n) is 9.70. The number of unbranched alkanes of at least 4 members (excludes halogenated alkanes) is 2. The van der Waals surface area contributed by atoms with E-state index in [-0.39, 0.29) is 5.04 Å². The molecule has 2 unspecified atom stereocenters. The highest BCUT2D eigenvalue weighted by atomic mass is 28.3. The van der Waals surface area contributed by atoms with Crippen molar-refractivity contribution in [3.05, 3.63) is 12.7 Å². The van der Waals surface area contributed by atoms with Crippen molar-refractivity contribution in [2.45, 2.75) is 120 Å². The lowest BCUT2D eigenvalue weighted by molar-refractivity contribution is 0.135. The van der Waals surface area contributed by atoms with Gasteiger partial charge in [0.2, 0.25) is 0 Å². The first-order valence-electron chi connectivity index (χ1n) is 10.6. The smallest absolute Gasteiger partial charge is 0.299 e. The first-order valence-corrected chi connectivity index (χ1v) is 14.1. The molecule has 2 bridgehead atoms. The highest BCUT2D eigenvalue weighted by Gasteiger charge is 2.48. The third-order valence-electron chi connectivity index (χ3n) is 7.33. The van der Waals surface area contributed by atoms with Crippen LogP contribution in [0, 0.1) is 0 Å². The maximum Gasteiger partial charge on any atom is 0.299 e. The van der Waals surface area contributed by atoms with E-state index in [2.05, 4.69) is 46.1 Å². The molecule has 2 atom stereocenters. The maximum absolute atomic E-state index is 7.05. The highest BCUT2D eigenvalue weighted by Crippen LogP contribution is 2.51. The summed E-state index contributed by atoms with van der Waals surface area (Å²) in [5.41, 5.74) is 0. The van der Waals surface area contributed by atoms with Gasteiger partial charge in [-0.2, -0.15) is 0 Å². The molecule has 0 N–H and O–H groups in total. The minimum atomic E-state index is -1.40. The van der Waals surface area contributed by atoms with Crippen LogP contribution in [0.2, 0.25) is 36.3 Å². The second-order valence-corrected chi connectivity index (χ2v) is 15.3. The lowest BCUT2D eigenvalue weighted by atomic mass is 9.38. The Hall–Kier alpha value is -0.0182. The van der Waals surface area contributed by atoms with Gasteiger partial charge < -0.3 is 4.65 Å². The fraction of sp³-hybridized carbons (Fsp3) is 0.905. The largest absolute Gasteiger partial charge is 0.432 e. The molecule has 0 saturated carbocycles. The van der Waals surface area contributed by atoms with Crippen LogP contribution < -0.4 is 0 Å². The van der Waals surface area contributed by atoms with Gasteiger partial charge in [0.25, 0.3) is 6.92 Å². The molecule has 1 nitrogen and oxygen atoms in total. The van der Waals surface area contributed by atoms with Crippen molar-refractivity contribution in [1.82, 2.24) is 0 Å². The van der Waals surface area contributed by atoms with E-state index in [0.29, 0.717) is 13.0 Å². The molecule has 2 heterocycles. The summed E-state index contributed by atoms with van der Waals surface area (Å²) in [4.78, 5) is 0.